The molecule has 0 saturated carbocycles. The average molecular weight is 301 g/mol. The lowest BCUT2D eigenvalue weighted by atomic mass is 9.84. The first-order valence-corrected chi connectivity index (χ1v) is 6.97. The predicted octanol–water partition coefficient (Wildman–Crippen LogP) is -0.355. The molecule has 3 amide bonds. The van der Waals surface area contributed by atoms with E-state index in [4.69, 9.17) is 4.74 Å². The van der Waals surface area contributed by atoms with Gasteiger partial charge >= 0.3 is 12.0 Å². The number of rotatable bonds is 7. The van der Waals surface area contributed by atoms with Crippen molar-refractivity contribution in [3.05, 3.63) is 0 Å². The van der Waals surface area contributed by atoms with Crippen molar-refractivity contribution >= 4 is 17.9 Å². The molecule has 1 aliphatic rings. The second kappa shape index (κ2) is 7.82. The maximum Gasteiger partial charge on any atom is 0.317 e. The summed E-state index contributed by atoms with van der Waals surface area (Å²) < 4.78 is 4.79. The molecule has 1 fully saturated rings. The Labute approximate surface area is 123 Å². The number of methoxy groups -OCH3 is 1. The maximum absolute atomic E-state index is 11.9. The number of carbonyl (C=O) groups is 3. The van der Waals surface area contributed by atoms with E-state index in [9.17, 15) is 19.5 Å². The minimum atomic E-state index is -0.877. The Morgan fingerprint density at radius 1 is 1.33 bits per heavy atom. The van der Waals surface area contributed by atoms with Crippen LogP contribution in [-0.2, 0) is 14.3 Å². The van der Waals surface area contributed by atoms with Crippen molar-refractivity contribution in [2.24, 2.45) is 5.41 Å². The molecule has 0 aromatic rings. The number of nitrogens with one attached hydrogen (secondary N) is 2. The summed E-state index contributed by atoms with van der Waals surface area (Å²) in [5.74, 6) is -1.18. The molecule has 0 aromatic carbocycles. The fourth-order valence-corrected chi connectivity index (χ4v) is 2.28. The van der Waals surface area contributed by atoms with E-state index in [0.717, 1.165) is 0 Å². The number of hydrogen-bond acceptors (Lipinski definition) is 4. The summed E-state index contributed by atoms with van der Waals surface area (Å²) in [5, 5.41) is 14.3. The van der Waals surface area contributed by atoms with E-state index in [1.165, 1.54) is 12.0 Å². The summed E-state index contributed by atoms with van der Waals surface area (Å²) in [6.45, 7) is 3.02. The summed E-state index contributed by atoms with van der Waals surface area (Å²) in [5.41, 5.74) is -0.863. The van der Waals surface area contributed by atoms with Crippen molar-refractivity contribution < 1.29 is 24.2 Å². The fraction of sp³-hybridized carbons (Fsp3) is 0.769. The molecule has 8 heteroatoms. The van der Waals surface area contributed by atoms with E-state index in [1.54, 1.807) is 6.92 Å². The zero-order valence-electron chi connectivity index (χ0n) is 12.5. The monoisotopic (exact) mass is 301 g/mol. The molecule has 1 unspecified atom stereocenters. The zero-order valence-corrected chi connectivity index (χ0v) is 12.5. The lowest BCUT2D eigenvalue weighted by molar-refractivity contribution is -0.148. The van der Waals surface area contributed by atoms with Gasteiger partial charge < -0.3 is 25.4 Å². The first-order chi connectivity index (χ1) is 9.95. The molecule has 0 bridgehead atoms. The Morgan fingerprint density at radius 3 is 2.57 bits per heavy atom. The Kier molecular flexibility index (Phi) is 6.41. The van der Waals surface area contributed by atoms with Crippen molar-refractivity contribution in [1.29, 1.82) is 0 Å². The first-order valence-electron chi connectivity index (χ1n) is 6.97. The number of carboxylic acids is 1. The van der Waals surface area contributed by atoms with Crippen LogP contribution in [0.3, 0.4) is 0 Å². The van der Waals surface area contributed by atoms with E-state index in [-0.39, 0.29) is 19.0 Å². The molecule has 8 nitrogen and oxygen atoms in total. The van der Waals surface area contributed by atoms with E-state index in [1.807, 2.05) is 0 Å². The third-order valence-corrected chi connectivity index (χ3v) is 3.80. The van der Waals surface area contributed by atoms with Crippen LogP contribution in [0.25, 0.3) is 0 Å². The lowest BCUT2D eigenvalue weighted by Gasteiger charge is -2.23. The normalized spacial score (nSPS) is 21.1. The summed E-state index contributed by atoms with van der Waals surface area (Å²) >= 11 is 0. The lowest BCUT2D eigenvalue weighted by Crippen LogP contribution is -2.45. The van der Waals surface area contributed by atoms with Gasteiger partial charge in [0.2, 0.25) is 5.91 Å². The molecule has 0 aromatic heterocycles. The number of aliphatic carboxylic acids is 1. The second-order valence-corrected chi connectivity index (χ2v) is 5.11. The third kappa shape index (κ3) is 4.59. The van der Waals surface area contributed by atoms with Gasteiger partial charge in [-0.3, -0.25) is 9.59 Å². The van der Waals surface area contributed by atoms with Gasteiger partial charge in [-0.05, 0) is 12.8 Å². The number of hydrogen-bond donors (Lipinski definition) is 3. The van der Waals surface area contributed by atoms with Crippen LogP contribution in [0.5, 0.6) is 0 Å². The zero-order chi connectivity index (χ0) is 15.9. The highest BCUT2D eigenvalue weighted by molar-refractivity contribution is 5.85. The van der Waals surface area contributed by atoms with E-state index in [2.05, 4.69) is 10.6 Å². The van der Waals surface area contributed by atoms with Gasteiger partial charge in [0.15, 0.2) is 0 Å². The quantitative estimate of drug-likeness (QED) is 0.557. The van der Waals surface area contributed by atoms with Gasteiger partial charge in [0, 0.05) is 26.7 Å². The van der Waals surface area contributed by atoms with Crippen molar-refractivity contribution in [1.82, 2.24) is 15.5 Å². The van der Waals surface area contributed by atoms with Gasteiger partial charge in [-0.1, -0.05) is 6.92 Å². The topological polar surface area (TPSA) is 108 Å². The van der Waals surface area contributed by atoms with Crippen LogP contribution in [0.4, 0.5) is 4.79 Å². The van der Waals surface area contributed by atoms with Crippen molar-refractivity contribution in [2.75, 3.05) is 39.9 Å². The van der Waals surface area contributed by atoms with E-state index >= 15 is 0 Å². The Hall–Kier alpha value is -1.83. The minimum Gasteiger partial charge on any atom is -0.481 e. The molecular formula is C13H23N3O5. The van der Waals surface area contributed by atoms with Gasteiger partial charge in [-0.25, -0.2) is 4.79 Å². The highest BCUT2D eigenvalue weighted by atomic mass is 16.5. The van der Waals surface area contributed by atoms with Crippen LogP contribution in [0.15, 0.2) is 0 Å². The average Bonchev–Trinajstić information content (AvgIpc) is 2.91. The number of ether oxygens (including phenoxy) is 1. The smallest absolute Gasteiger partial charge is 0.317 e. The fourth-order valence-electron chi connectivity index (χ4n) is 2.28. The molecule has 0 aliphatic carbocycles. The maximum atomic E-state index is 11.9. The van der Waals surface area contributed by atoms with Gasteiger partial charge in [0.05, 0.1) is 18.6 Å². The summed E-state index contributed by atoms with van der Waals surface area (Å²) in [6, 6.07) is -0.409. The highest BCUT2D eigenvalue weighted by Gasteiger charge is 2.44. The van der Waals surface area contributed by atoms with Gasteiger partial charge in [-0.15, -0.1) is 0 Å². The van der Waals surface area contributed by atoms with E-state index in [0.29, 0.717) is 32.5 Å². The summed E-state index contributed by atoms with van der Waals surface area (Å²) in [4.78, 5) is 36.1. The standard InChI is InChI=1S/C13H23N3O5/c1-3-13(11(18)19)4-6-16(9-13)12(20)15-8-10(17)14-5-7-21-2/h3-9H2,1-2H3,(H,14,17)(H,15,20)(H,18,19). The molecule has 120 valence electrons. The summed E-state index contributed by atoms with van der Waals surface area (Å²) in [7, 11) is 1.53. The SMILES string of the molecule is CCC1(C(=O)O)CCN(C(=O)NCC(=O)NCCOC)C1. The van der Waals surface area contributed by atoms with Crippen LogP contribution in [0.2, 0.25) is 0 Å². The number of nitrogens with zero attached hydrogens (tertiary/aromatic N) is 1. The largest absolute Gasteiger partial charge is 0.481 e. The van der Waals surface area contributed by atoms with Crippen LogP contribution in [0, 0.1) is 5.41 Å². The molecule has 0 radical (unpaired) electrons. The Bertz CT molecular complexity index is 401. The molecule has 0 spiro atoms. The summed E-state index contributed by atoms with van der Waals surface area (Å²) in [6.07, 6.45) is 0.913. The highest BCUT2D eigenvalue weighted by Crippen LogP contribution is 2.34. The number of likely N-dealkylation sites (tertiary alicyclic amines) is 1. The predicted molar refractivity (Wildman–Crippen MR) is 74.8 cm³/mol. The van der Waals surface area contributed by atoms with Crippen LogP contribution in [0.1, 0.15) is 19.8 Å². The van der Waals surface area contributed by atoms with Crippen LogP contribution < -0.4 is 10.6 Å². The number of carbonyl (C=O) groups excluding carboxylic acids is 2. The molecule has 1 atom stereocenters. The number of amides is 3. The van der Waals surface area contributed by atoms with Crippen molar-refractivity contribution in [2.45, 2.75) is 19.8 Å². The molecule has 3 N–H and O–H groups in total. The van der Waals surface area contributed by atoms with E-state index < -0.39 is 17.4 Å². The van der Waals surface area contributed by atoms with Crippen molar-refractivity contribution in [3.63, 3.8) is 0 Å². The molecular weight excluding hydrogens is 278 g/mol. The second-order valence-electron chi connectivity index (χ2n) is 5.11. The molecule has 1 rings (SSSR count). The van der Waals surface area contributed by atoms with Gasteiger partial charge in [-0.2, -0.15) is 0 Å². The molecule has 1 heterocycles. The minimum absolute atomic E-state index is 0.134. The van der Waals surface area contributed by atoms with Gasteiger partial charge in [0.25, 0.3) is 0 Å². The first kappa shape index (κ1) is 17.2. The van der Waals surface area contributed by atoms with Crippen molar-refractivity contribution in [3.8, 4) is 0 Å². The van der Waals surface area contributed by atoms with Gasteiger partial charge in [0.1, 0.15) is 0 Å². The number of carboxylic acid groups (broad SMARTS) is 1. The molecule has 1 saturated heterocycles. The Balaban J connectivity index is 2.37. The Morgan fingerprint density at radius 2 is 2.05 bits per heavy atom. The van der Waals surface area contributed by atoms with Crippen LogP contribution in [-0.4, -0.2) is 67.8 Å². The number of urea groups is 1. The molecule has 21 heavy (non-hydrogen) atoms. The molecule has 1 aliphatic heterocycles. The third-order valence-electron chi connectivity index (χ3n) is 3.80. The van der Waals surface area contributed by atoms with Crippen LogP contribution >= 0.6 is 0 Å².